The summed E-state index contributed by atoms with van der Waals surface area (Å²) in [6.07, 6.45) is 1.74. The fraction of sp³-hybridized carbons (Fsp3) is 0.423. The Balaban J connectivity index is 0.000000641. The number of likely N-dealkylation sites (tertiary alicyclic amines) is 1. The molecule has 9 heteroatoms. The number of aliphatic carboxylic acids is 2. The molecule has 1 heterocycles. The topological polar surface area (TPSA) is 128 Å². The maximum Gasteiger partial charge on any atom is 0.414 e. The molecule has 1 amide bonds. The Labute approximate surface area is 205 Å². The van der Waals surface area contributed by atoms with Crippen molar-refractivity contribution in [3.8, 4) is 5.75 Å². The molecule has 1 aliphatic heterocycles. The van der Waals surface area contributed by atoms with Crippen LogP contribution in [0.2, 0.25) is 0 Å². The van der Waals surface area contributed by atoms with Crippen molar-refractivity contribution in [2.75, 3.05) is 32.8 Å². The highest BCUT2D eigenvalue weighted by molar-refractivity contribution is 6.27. The van der Waals surface area contributed by atoms with Crippen molar-refractivity contribution in [3.63, 3.8) is 0 Å². The van der Waals surface area contributed by atoms with Crippen molar-refractivity contribution in [1.29, 1.82) is 0 Å². The van der Waals surface area contributed by atoms with E-state index < -0.39 is 11.9 Å². The minimum Gasteiger partial charge on any atom is -0.494 e. The van der Waals surface area contributed by atoms with Gasteiger partial charge in [0.05, 0.1) is 13.2 Å². The number of benzene rings is 2. The van der Waals surface area contributed by atoms with Gasteiger partial charge in [-0.3, -0.25) is 9.69 Å². The van der Waals surface area contributed by atoms with Crippen LogP contribution in [0.15, 0.2) is 54.6 Å². The van der Waals surface area contributed by atoms with Crippen molar-refractivity contribution in [2.24, 2.45) is 5.92 Å². The predicted octanol–water partition coefficient (Wildman–Crippen LogP) is 2.47. The number of aliphatic hydroxyl groups excluding tert-OH is 1. The Kier molecular flexibility index (Phi) is 11.7. The van der Waals surface area contributed by atoms with Gasteiger partial charge in [-0.1, -0.05) is 42.5 Å². The van der Waals surface area contributed by atoms with E-state index in [0.29, 0.717) is 19.7 Å². The van der Waals surface area contributed by atoms with E-state index in [1.54, 1.807) is 0 Å². The van der Waals surface area contributed by atoms with Gasteiger partial charge in [0, 0.05) is 25.6 Å². The van der Waals surface area contributed by atoms with E-state index >= 15 is 0 Å². The first-order chi connectivity index (χ1) is 16.8. The van der Waals surface area contributed by atoms with Gasteiger partial charge in [0.15, 0.2) is 0 Å². The summed E-state index contributed by atoms with van der Waals surface area (Å²) < 4.78 is 5.50. The fourth-order valence-electron chi connectivity index (χ4n) is 3.90. The molecule has 1 fully saturated rings. The maximum atomic E-state index is 13.0. The Bertz CT molecular complexity index is 914. The summed E-state index contributed by atoms with van der Waals surface area (Å²) in [6, 6.07) is 18.3. The second-order valence-electron chi connectivity index (χ2n) is 8.21. The molecule has 3 rings (SSSR count). The van der Waals surface area contributed by atoms with Crippen molar-refractivity contribution in [3.05, 3.63) is 65.7 Å². The number of carboxylic acid groups (broad SMARTS) is 2. The summed E-state index contributed by atoms with van der Waals surface area (Å²) in [7, 11) is 0. The number of hydrogen-bond donors (Lipinski definition) is 3. The molecule has 0 unspecified atom stereocenters. The summed E-state index contributed by atoms with van der Waals surface area (Å²) in [6.45, 7) is 6.35. The second-order valence-corrected chi connectivity index (χ2v) is 8.21. The third-order valence-corrected chi connectivity index (χ3v) is 5.66. The summed E-state index contributed by atoms with van der Waals surface area (Å²) in [5, 5.41) is 24.2. The van der Waals surface area contributed by atoms with Crippen molar-refractivity contribution < 1.29 is 34.4 Å². The summed E-state index contributed by atoms with van der Waals surface area (Å²) in [5.74, 6) is -2.53. The lowest BCUT2D eigenvalue weighted by Gasteiger charge is -2.34. The summed E-state index contributed by atoms with van der Waals surface area (Å²) in [4.78, 5) is 35.5. The van der Waals surface area contributed by atoms with Crippen LogP contribution >= 0.6 is 0 Å². The number of carbonyl (C=O) groups is 3. The molecule has 190 valence electrons. The molecule has 1 aliphatic rings. The van der Waals surface area contributed by atoms with Gasteiger partial charge >= 0.3 is 11.9 Å². The quantitative estimate of drug-likeness (QED) is 0.461. The number of ether oxygens (including phenoxy) is 1. The molecule has 0 spiro atoms. The Morgan fingerprint density at radius 2 is 1.54 bits per heavy atom. The molecule has 9 nitrogen and oxygen atoms in total. The van der Waals surface area contributed by atoms with Gasteiger partial charge in [-0.05, 0) is 56.1 Å². The number of amides is 1. The first-order valence-corrected chi connectivity index (χ1v) is 11.7. The molecular weight excluding hydrogens is 452 g/mol. The second kappa shape index (κ2) is 14.7. The molecule has 0 aliphatic carbocycles. The lowest BCUT2D eigenvalue weighted by molar-refractivity contribution is -0.159. The molecule has 1 saturated heterocycles. The van der Waals surface area contributed by atoms with E-state index in [9.17, 15) is 9.90 Å². The van der Waals surface area contributed by atoms with Crippen LogP contribution in [-0.2, 0) is 27.5 Å². The Morgan fingerprint density at radius 1 is 0.943 bits per heavy atom. The zero-order valence-electron chi connectivity index (χ0n) is 20.0. The zero-order chi connectivity index (χ0) is 25.6. The first kappa shape index (κ1) is 27.8. The molecule has 0 saturated carbocycles. The van der Waals surface area contributed by atoms with Gasteiger partial charge in [0.2, 0.25) is 5.91 Å². The first-order valence-electron chi connectivity index (χ1n) is 11.7. The number of carboxylic acids is 2. The predicted molar refractivity (Wildman–Crippen MR) is 130 cm³/mol. The van der Waals surface area contributed by atoms with Gasteiger partial charge in [-0.15, -0.1) is 0 Å². The number of nitrogens with zero attached hydrogens (tertiary/aromatic N) is 2. The van der Waals surface area contributed by atoms with Crippen LogP contribution in [0.3, 0.4) is 0 Å². The third-order valence-electron chi connectivity index (χ3n) is 5.66. The number of carbonyl (C=O) groups excluding carboxylic acids is 1. The van der Waals surface area contributed by atoms with E-state index in [-0.39, 0.29) is 18.4 Å². The highest BCUT2D eigenvalue weighted by atomic mass is 16.5. The average molecular weight is 487 g/mol. The fourth-order valence-corrected chi connectivity index (χ4v) is 3.90. The van der Waals surface area contributed by atoms with Gasteiger partial charge in [-0.25, -0.2) is 9.59 Å². The Morgan fingerprint density at radius 3 is 2.06 bits per heavy atom. The molecule has 2 aromatic rings. The van der Waals surface area contributed by atoms with Gasteiger partial charge in [0.25, 0.3) is 0 Å². The van der Waals surface area contributed by atoms with E-state index in [0.717, 1.165) is 43.8 Å². The molecule has 0 atom stereocenters. The number of piperidine rings is 1. The van der Waals surface area contributed by atoms with E-state index in [4.69, 9.17) is 24.5 Å². The number of rotatable bonds is 9. The van der Waals surface area contributed by atoms with Crippen LogP contribution in [0.5, 0.6) is 5.75 Å². The van der Waals surface area contributed by atoms with Crippen LogP contribution in [0, 0.1) is 5.92 Å². The number of hydrogen-bond acceptors (Lipinski definition) is 6. The van der Waals surface area contributed by atoms with E-state index in [1.165, 1.54) is 5.56 Å². The van der Waals surface area contributed by atoms with Crippen molar-refractivity contribution in [1.82, 2.24) is 9.80 Å². The molecular formula is C26H34N2O7. The van der Waals surface area contributed by atoms with Gasteiger partial charge in [0.1, 0.15) is 5.75 Å². The minimum atomic E-state index is -1.82. The minimum absolute atomic E-state index is 0.00480. The van der Waals surface area contributed by atoms with Crippen LogP contribution in [0.25, 0.3) is 0 Å². The van der Waals surface area contributed by atoms with Crippen LogP contribution in [-0.4, -0.2) is 75.8 Å². The molecule has 0 radical (unpaired) electrons. The molecule has 0 aromatic heterocycles. The summed E-state index contributed by atoms with van der Waals surface area (Å²) >= 11 is 0. The SMILES string of the molecule is CCOc1ccc(CN2CCC(C(=O)N(CCO)Cc3ccccc3)CC2)cc1.O=C(O)C(=O)O. The standard InChI is InChI=1S/C24H32N2O3.C2H2O4/c1-2-29-23-10-8-21(9-11-23)18-25-14-12-22(13-15-25)24(28)26(16-17-27)19-20-6-4-3-5-7-20;3-1(4)2(5)6/h3-11,22,27H,2,12-19H2,1H3;(H,3,4)(H,5,6). The molecule has 0 bridgehead atoms. The Hall–Kier alpha value is -3.43. The normalized spacial score (nSPS) is 13.9. The maximum absolute atomic E-state index is 13.0. The third kappa shape index (κ3) is 9.76. The van der Waals surface area contributed by atoms with E-state index in [1.807, 2.05) is 54.3 Å². The van der Waals surface area contributed by atoms with Crippen LogP contribution in [0.1, 0.15) is 30.9 Å². The van der Waals surface area contributed by atoms with Crippen molar-refractivity contribution in [2.45, 2.75) is 32.9 Å². The van der Waals surface area contributed by atoms with Gasteiger partial charge in [-0.2, -0.15) is 0 Å². The van der Waals surface area contributed by atoms with E-state index in [2.05, 4.69) is 17.0 Å². The molecule has 2 aromatic carbocycles. The number of aliphatic hydroxyl groups is 1. The smallest absolute Gasteiger partial charge is 0.414 e. The van der Waals surface area contributed by atoms with Crippen LogP contribution < -0.4 is 4.74 Å². The highest BCUT2D eigenvalue weighted by Crippen LogP contribution is 2.23. The average Bonchev–Trinajstić information content (AvgIpc) is 2.86. The highest BCUT2D eigenvalue weighted by Gasteiger charge is 2.28. The monoisotopic (exact) mass is 486 g/mol. The molecule has 35 heavy (non-hydrogen) atoms. The summed E-state index contributed by atoms with van der Waals surface area (Å²) in [5.41, 5.74) is 2.37. The zero-order valence-corrected chi connectivity index (χ0v) is 20.0. The molecule has 3 N–H and O–H groups in total. The van der Waals surface area contributed by atoms with Crippen LogP contribution in [0.4, 0.5) is 0 Å². The largest absolute Gasteiger partial charge is 0.494 e. The lowest BCUT2D eigenvalue weighted by atomic mass is 9.94. The van der Waals surface area contributed by atoms with Gasteiger partial charge < -0.3 is 25.0 Å². The van der Waals surface area contributed by atoms with Crippen molar-refractivity contribution >= 4 is 17.8 Å². The lowest BCUT2D eigenvalue weighted by Crippen LogP contribution is -2.43.